The van der Waals surface area contributed by atoms with E-state index in [4.69, 9.17) is 9.47 Å². The average Bonchev–Trinajstić information content (AvgIpc) is 2.89. The molecular formula is C16H20N2O2. The van der Waals surface area contributed by atoms with Gasteiger partial charge in [-0.2, -0.15) is 0 Å². The van der Waals surface area contributed by atoms with Gasteiger partial charge in [0, 0.05) is 30.5 Å². The van der Waals surface area contributed by atoms with Crippen molar-refractivity contribution < 1.29 is 9.47 Å². The Morgan fingerprint density at radius 1 is 1.15 bits per heavy atom. The summed E-state index contributed by atoms with van der Waals surface area (Å²) in [6.07, 6.45) is 1.90. The van der Waals surface area contributed by atoms with E-state index in [0.717, 1.165) is 43.3 Å². The molecule has 0 atom stereocenters. The Hall–Kier alpha value is -1.94. The summed E-state index contributed by atoms with van der Waals surface area (Å²) < 4.78 is 10.7. The lowest BCUT2D eigenvalue weighted by Crippen LogP contribution is -2.36. The van der Waals surface area contributed by atoms with E-state index >= 15 is 0 Å². The van der Waals surface area contributed by atoms with E-state index in [0.29, 0.717) is 0 Å². The molecule has 0 spiro atoms. The lowest BCUT2D eigenvalue weighted by Gasteiger charge is -2.28. The minimum absolute atomic E-state index is 0.814. The number of aromatic nitrogens is 1. The average molecular weight is 272 g/mol. The van der Waals surface area contributed by atoms with Crippen LogP contribution in [0, 0.1) is 6.92 Å². The van der Waals surface area contributed by atoms with Gasteiger partial charge in [-0.05, 0) is 24.6 Å². The normalized spacial score (nSPS) is 15.4. The molecule has 0 saturated carbocycles. The first-order valence-corrected chi connectivity index (χ1v) is 6.94. The molecule has 4 heteroatoms. The lowest BCUT2D eigenvalue weighted by molar-refractivity contribution is 0.122. The van der Waals surface area contributed by atoms with Gasteiger partial charge in [-0.1, -0.05) is 12.1 Å². The lowest BCUT2D eigenvalue weighted by atomic mass is 10.1. The molecule has 1 fully saturated rings. The Morgan fingerprint density at radius 2 is 1.85 bits per heavy atom. The van der Waals surface area contributed by atoms with Crippen LogP contribution in [0.25, 0.3) is 11.3 Å². The molecule has 1 aliphatic heterocycles. The Bertz CT molecular complexity index is 569. The summed E-state index contributed by atoms with van der Waals surface area (Å²) in [6.45, 7) is 5.63. The fourth-order valence-corrected chi connectivity index (χ4v) is 2.65. The summed E-state index contributed by atoms with van der Waals surface area (Å²) in [4.78, 5) is 5.64. The highest BCUT2D eigenvalue weighted by Crippen LogP contribution is 2.30. The predicted octanol–water partition coefficient (Wildman–Crippen LogP) is 2.84. The van der Waals surface area contributed by atoms with E-state index in [1.165, 1.54) is 11.3 Å². The maximum Gasteiger partial charge on any atom is 0.139 e. The number of ether oxygens (including phenoxy) is 2. The van der Waals surface area contributed by atoms with Crippen molar-refractivity contribution in [2.75, 3.05) is 38.3 Å². The highest BCUT2D eigenvalue weighted by Gasteiger charge is 2.12. The van der Waals surface area contributed by atoms with Crippen LogP contribution in [-0.4, -0.2) is 38.4 Å². The first-order valence-electron chi connectivity index (χ1n) is 6.94. The number of hydrogen-bond acceptors (Lipinski definition) is 3. The smallest absolute Gasteiger partial charge is 0.139 e. The van der Waals surface area contributed by atoms with E-state index in [-0.39, 0.29) is 0 Å². The molecule has 1 aliphatic rings. The molecule has 1 aromatic heterocycles. The number of morpholine rings is 1. The maximum atomic E-state index is 5.38. The van der Waals surface area contributed by atoms with Crippen molar-refractivity contribution in [3.05, 3.63) is 36.0 Å². The Balaban J connectivity index is 1.83. The largest absolute Gasteiger partial charge is 0.495 e. The monoisotopic (exact) mass is 272 g/mol. The van der Waals surface area contributed by atoms with Crippen LogP contribution in [0.5, 0.6) is 5.75 Å². The molecule has 2 aromatic rings. The number of anilines is 1. The van der Waals surface area contributed by atoms with Crippen LogP contribution < -0.4 is 9.64 Å². The summed E-state index contributed by atoms with van der Waals surface area (Å²) in [7, 11) is 1.70. The number of hydrogen-bond donors (Lipinski definition) is 1. The number of aromatic amines is 1. The third-order valence-corrected chi connectivity index (χ3v) is 3.84. The fraction of sp³-hybridized carbons (Fsp3) is 0.375. The zero-order valence-corrected chi connectivity index (χ0v) is 12.0. The summed E-state index contributed by atoms with van der Waals surface area (Å²) in [5, 5.41) is 0. The minimum Gasteiger partial charge on any atom is -0.495 e. The van der Waals surface area contributed by atoms with Crippen molar-refractivity contribution in [2.24, 2.45) is 0 Å². The number of H-pyrrole nitrogens is 1. The third kappa shape index (κ3) is 2.39. The minimum atomic E-state index is 0.814. The van der Waals surface area contributed by atoms with Gasteiger partial charge in [-0.25, -0.2) is 0 Å². The van der Waals surface area contributed by atoms with Gasteiger partial charge in [-0.3, -0.25) is 0 Å². The molecule has 3 rings (SSSR count). The molecule has 1 aromatic carbocycles. The van der Waals surface area contributed by atoms with Crippen LogP contribution in [0.3, 0.4) is 0 Å². The van der Waals surface area contributed by atoms with Gasteiger partial charge in [-0.15, -0.1) is 0 Å². The zero-order chi connectivity index (χ0) is 13.9. The molecule has 0 amide bonds. The second-order valence-electron chi connectivity index (χ2n) is 5.00. The SMILES string of the molecule is COc1c[nH]c(-c2ccc(N3CCOCC3)cc2)c1C. The van der Waals surface area contributed by atoms with Crippen LogP contribution >= 0.6 is 0 Å². The third-order valence-electron chi connectivity index (χ3n) is 3.84. The van der Waals surface area contributed by atoms with Crippen LogP contribution in [0.4, 0.5) is 5.69 Å². The van der Waals surface area contributed by atoms with Crippen LogP contribution in [0.15, 0.2) is 30.5 Å². The standard InChI is InChI=1S/C16H20N2O2/c1-12-15(19-2)11-17-16(12)13-3-5-14(6-4-13)18-7-9-20-10-8-18/h3-6,11,17H,7-10H2,1-2H3. The van der Waals surface area contributed by atoms with Crippen molar-refractivity contribution in [1.29, 1.82) is 0 Å². The summed E-state index contributed by atoms with van der Waals surface area (Å²) >= 11 is 0. The van der Waals surface area contributed by atoms with Crippen LogP contribution in [0.1, 0.15) is 5.56 Å². The summed E-state index contributed by atoms with van der Waals surface area (Å²) in [5.41, 5.74) is 4.71. The topological polar surface area (TPSA) is 37.5 Å². The van der Waals surface area contributed by atoms with Crippen molar-refractivity contribution in [1.82, 2.24) is 4.98 Å². The molecular weight excluding hydrogens is 252 g/mol. The highest BCUT2D eigenvalue weighted by molar-refractivity contribution is 5.68. The van der Waals surface area contributed by atoms with Gasteiger partial charge in [0.15, 0.2) is 0 Å². The molecule has 1 N–H and O–H groups in total. The Labute approximate surface area is 119 Å². The second kappa shape index (κ2) is 5.59. The number of rotatable bonds is 3. The van der Waals surface area contributed by atoms with Crippen molar-refractivity contribution in [3.8, 4) is 17.0 Å². The first-order chi connectivity index (χ1) is 9.79. The van der Waals surface area contributed by atoms with Gasteiger partial charge in [0.25, 0.3) is 0 Å². The fourth-order valence-electron chi connectivity index (χ4n) is 2.65. The predicted molar refractivity (Wildman–Crippen MR) is 80.5 cm³/mol. The van der Waals surface area contributed by atoms with E-state index in [9.17, 15) is 0 Å². The number of methoxy groups -OCH3 is 1. The number of benzene rings is 1. The first kappa shape index (κ1) is 13.1. The van der Waals surface area contributed by atoms with E-state index in [1.807, 2.05) is 6.20 Å². The second-order valence-corrected chi connectivity index (χ2v) is 5.00. The quantitative estimate of drug-likeness (QED) is 0.933. The van der Waals surface area contributed by atoms with E-state index in [2.05, 4.69) is 41.1 Å². The molecule has 0 aliphatic carbocycles. The zero-order valence-electron chi connectivity index (χ0n) is 12.0. The van der Waals surface area contributed by atoms with Crippen molar-refractivity contribution in [3.63, 3.8) is 0 Å². The van der Waals surface area contributed by atoms with Gasteiger partial charge in [0.05, 0.1) is 26.0 Å². The van der Waals surface area contributed by atoms with Crippen LogP contribution in [-0.2, 0) is 4.74 Å². The highest BCUT2D eigenvalue weighted by atomic mass is 16.5. The van der Waals surface area contributed by atoms with E-state index in [1.54, 1.807) is 7.11 Å². The van der Waals surface area contributed by atoms with E-state index < -0.39 is 0 Å². The molecule has 1 saturated heterocycles. The molecule has 0 radical (unpaired) electrons. The Morgan fingerprint density at radius 3 is 2.45 bits per heavy atom. The Kier molecular flexibility index (Phi) is 3.65. The molecule has 2 heterocycles. The summed E-state index contributed by atoms with van der Waals surface area (Å²) in [6, 6.07) is 8.66. The maximum absolute atomic E-state index is 5.38. The van der Waals surface area contributed by atoms with Crippen LogP contribution in [0.2, 0.25) is 0 Å². The molecule has 106 valence electrons. The molecule has 4 nitrogen and oxygen atoms in total. The number of nitrogens with zero attached hydrogens (tertiary/aromatic N) is 1. The van der Waals surface area contributed by atoms with Gasteiger partial charge in [0.2, 0.25) is 0 Å². The molecule has 0 unspecified atom stereocenters. The van der Waals surface area contributed by atoms with Gasteiger partial charge in [0.1, 0.15) is 5.75 Å². The molecule has 0 bridgehead atoms. The van der Waals surface area contributed by atoms with Gasteiger partial charge >= 0.3 is 0 Å². The van der Waals surface area contributed by atoms with Gasteiger partial charge < -0.3 is 19.4 Å². The van der Waals surface area contributed by atoms with Crippen molar-refractivity contribution >= 4 is 5.69 Å². The molecule has 20 heavy (non-hydrogen) atoms. The number of nitrogens with one attached hydrogen (secondary N) is 1. The summed E-state index contributed by atoms with van der Waals surface area (Å²) in [5.74, 6) is 0.900. The van der Waals surface area contributed by atoms with Crippen molar-refractivity contribution in [2.45, 2.75) is 6.92 Å².